The maximum Gasteiger partial charge on any atom is 0.338 e. The van der Waals surface area contributed by atoms with E-state index in [0.717, 1.165) is 4.90 Å². The van der Waals surface area contributed by atoms with Gasteiger partial charge in [-0.15, -0.1) is 0 Å². The molecule has 0 unspecified atom stereocenters. The zero-order valence-corrected chi connectivity index (χ0v) is 14.4. The molecule has 0 saturated carbocycles. The molecule has 0 fully saturated rings. The van der Waals surface area contributed by atoms with E-state index in [0.29, 0.717) is 22.4 Å². The van der Waals surface area contributed by atoms with Crippen LogP contribution in [0.5, 0.6) is 0 Å². The summed E-state index contributed by atoms with van der Waals surface area (Å²) in [7, 11) is 1.44. The third kappa shape index (κ3) is 2.97. The minimum atomic E-state index is -0.487. The Bertz CT molecular complexity index is 899. The van der Waals surface area contributed by atoms with Crippen molar-refractivity contribution in [2.75, 3.05) is 18.6 Å². The van der Waals surface area contributed by atoms with Gasteiger partial charge in [0, 0.05) is 11.1 Å². The predicted octanol–water partition coefficient (Wildman–Crippen LogP) is 3.04. The summed E-state index contributed by atoms with van der Waals surface area (Å²) < 4.78 is 9.96. The molecule has 132 valence electrons. The highest BCUT2D eigenvalue weighted by molar-refractivity contribution is 6.40. The molecule has 0 aromatic heterocycles. The summed E-state index contributed by atoms with van der Waals surface area (Å²) in [4.78, 5) is 38.6. The number of rotatable bonds is 4. The maximum atomic E-state index is 12.9. The summed E-state index contributed by atoms with van der Waals surface area (Å²) in [5.41, 5.74) is 1.94. The number of hydrogen-bond donors (Lipinski definition) is 0. The van der Waals surface area contributed by atoms with Crippen molar-refractivity contribution in [3.05, 3.63) is 71.5 Å². The number of fused-ring (bicyclic) bond motifs is 1. The first kappa shape index (κ1) is 17.4. The van der Waals surface area contributed by atoms with Gasteiger partial charge in [0.1, 0.15) is 0 Å². The Labute approximate surface area is 150 Å². The van der Waals surface area contributed by atoms with Crippen LogP contribution < -0.4 is 4.90 Å². The lowest BCUT2D eigenvalue weighted by Gasteiger charge is -2.28. The Morgan fingerprint density at radius 2 is 1.65 bits per heavy atom. The van der Waals surface area contributed by atoms with E-state index in [1.54, 1.807) is 43.3 Å². The molecule has 0 aliphatic carbocycles. The molecule has 0 saturated heterocycles. The van der Waals surface area contributed by atoms with Gasteiger partial charge in [0.25, 0.3) is 11.8 Å². The number of carbonyl (C=O) groups excluding carboxylic acids is 3. The van der Waals surface area contributed by atoms with Gasteiger partial charge in [0.2, 0.25) is 0 Å². The smallest absolute Gasteiger partial charge is 0.338 e. The first-order chi connectivity index (χ1) is 12.6. The molecular formula is C20H17NO5. The van der Waals surface area contributed by atoms with Gasteiger partial charge in [-0.25, -0.2) is 9.69 Å². The first-order valence-corrected chi connectivity index (χ1v) is 8.06. The third-order valence-corrected chi connectivity index (χ3v) is 3.96. The van der Waals surface area contributed by atoms with Crippen molar-refractivity contribution < 1.29 is 23.9 Å². The number of nitrogens with zero attached hydrogens (tertiary/aromatic N) is 1. The SMILES string of the molecule is CCOC(=O)c1ccc(N2C(=O)/C(=C\OC)c3ccccc3C2=O)cc1. The van der Waals surface area contributed by atoms with Crippen molar-refractivity contribution in [3.63, 3.8) is 0 Å². The fraction of sp³-hybridized carbons (Fsp3) is 0.150. The van der Waals surface area contributed by atoms with Crippen LogP contribution in [0, 0.1) is 0 Å². The number of amides is 2. The number of carbonyl (C=O) groups is 3. The molecule has 0 radical (unpaired) electrons. The minimum Gasteiger partial charge on any atom is -0.504 e. The molecule has 3 rings (SSSR count). The second-order valence-corrected chi connectivity index (χ2v) is 5.53. The van der Waals surface area contributed by atoms with Crippen LogP contribution in [0.4, 0.5) is 5.69 Å². The Balaban J connectivity index is 2.03. The molecule has 2 aromatic rings. The summed E-state index contributed by atoms with van der Waals surface area (Å²) in [5.74, 6) is -1.37. The van der Waals surface area contributed by atoms with Crippen LogP contribution >= 0.6 is 0 Å². The quantitative estimate of drug-likeness (QED) is 0.366. The van der Waals surface area contributed by atoms with Gasteiger partial charge < -0.3 is 9.47 Å². The van der Waals surface area contributed by atoms with Crippen LogP contribution in [0.15, 0.2) is 54.8 Å². The van der Waals surface area contributed by atoms with Crippen molar-refractivity contribution in [1.29, 1.82) is 0 Å². The van der Waals surface area contributed by atoms with Gasteiger partial charge >= 0.3 is 5.97 Å². The van der Waals surface area contributed by atoms with Gasteiger partial charge in [-0.3, -0.25) is 9.59 Å². The number of esters is 1. The molecule has 0 bridgehead atoms. The zero-order chi connectivity index (χ0) is 18.7. The van der Waals surface area contributed by atoms with E-state index >= 15 is 0 Å². The molecule has 0 N–H and O–H groups in total. The van der Waals surface area contributed by atoms with Gasteiger partial charge in [-0.05, 0) is 37.3 Å². The summed E-state index contributed by atoms with van der Waals surface area (Å²) >= 11 is 0. The second kappa shape index (κ2) is 7.23. The molecule has 6 nitrogen and oxygen atoms in total. The highest BCUT2D eigenvalue weighted by atomic mass is 16.5. The maximum absolute atomic E-state index is 12.9. The lowest BCUT2D eigenvalue weighted by atomic mass is 9.94. The lowest BCUT2D eigenvalue weighted by molar-refractivity contribution is -0.113. The van der Waals surface area contributed by atoms with Crippen LogP contribution in [0.2, 0.25) is 0 Å². The predicted molar refractivity (Wildman–Crippen MR) is 95.6 cm³/mol. The Morgan fingerprint density at radius 1 is 1.00 bits per heavy atom. The normalized spacial score (nSPS) is 15.0. The zero-order valence-electron chi connectivity index (χ0n) is 14.4. The second-order valence-electron chi connectivity index (χ2n) is 5.53. The van der Waals surface area contributed by atoms with Crippen LogP contribution in [0.3, 0.4) is 0 Å². The van der Waals surface area contributed by atoms with Crippen molar-refractivity contribution >= 4 is 29.0 Å². The summed E-state index contributed by atoms with van der Waals surface area (Å²) in [5, 5.41) is 0. The molecule has 0 atom stereocenters. The van der Waals surface area contributed by atoms with Crippen LogP contribution in [-0.2, 0) is 14.3 Å². The summed E-state index contributed by atoms with van der Waals surface area (Å²) in [6, 6.07) is 13.0. The highest BCUT2D eigenvalue weighted by Crippen LogP contribution is 2.32. The van der Waals surface area contributed by atoms with E-state index in [1.807, 2.05) is 0 Å². The fourth-order valence-corrected chi connectivity index (χ4v) is 2.78. The fourth-order valence-electron chi connectivity index (χ4n) is 2.78. The molecule has 6 heteroatoms. The standard InChI is InChI=1S/C20H17NO5/c1-3-26-20(24)13-8-10-14(11-9-13)21-18(22)16-7-5-4-6-15(16)17(12-25-2)19(21)23/h4-12H,3H2,1-2H3/b17-12-. The van der Waals surface area contributed by atoms with Crippen molar-refractivity contribution in [2.45, 2.75) is 6.92 Å². The lowest BCUT2D eigenvalue weighted by Crippen LogP contribution is -2.41. The van der Waals surface area contributed by atoms with E-state index in [-0.39, 0.29) is 12.2 Å². The monoisotopic (exact) mass is 351 g/mol. The molecule has 2 aromatic carbocycles. The van der Waals surface area contributed by atoms with Crippen LogP contribution in [0.25, 0.3) is 5.57 Å². The Hall–Kier alpha value is -3.41. The molecule has 0 spiro atoms. The number of hydrogen-bond acceptors (Lipinski definition) is 5. The van der Waals surface area contributed by atoms with E-state index in [4.69, 9.17) is 9.47 Å². The van der Waals surface area contributed by atoms with E-state index in [9.17, 15) is 14.4 Å². The van der Waals surface area contributed by atoms with Gasteiger partial charge in [0.15, 0.2) is 0 Å². The van der Waals surface area contributed by atoms with Gasteiger partial charge in [0.05, 0.1) is 36.8 Å². The molecule has 2 amide bonds. The number of imide groups is 1. The third-order valence-electron chi connectivity index (χ3n) is 3.96. The largest absolute Gasteiger partial charge is 0.504 e. The van der Waals surface area contributed by atoms with Crippen molar-refractivity contribution in [1.82, 2.24) is 0 Å². The van der Waals surface area contributed by atoms with E-state index in [1.165, 1.54) is 25.5 Å². The minimum absolute atomic E-state index is 0.269. The average Bonchev–Trinajstić information content (AvgIpc) is 2.66. The molecule has 1 aliphatic heterocycles. The highest BCUT2D eigenvalue weighted by Gasteiger charge is 2.36. The molecule has 26 heavy (non-hydrogen) atoms. The van der Waals surface area contributed by atoms with Crippen LogP contribution in [0.1, 0.15) is 33.2 Å². The number of anilines is 1. The number of benzene rings is 2. The van der Waals surface area contributed by atoms with Gasteiger partial charge in [-0.2, -0.15) is 0 Å². The summed E-state index contributed by atoms with van der Waals surface area (Å²) in [6.07, 6.45) is 1.33. The molecule has 1 heterocycles. The van der Waals surface area contributed by atoms with E-state index in [2.05, 4.69) is 0 Å². The van der Waals surface area contributed by atoms with Crippen LogP contribution in [-0.4, -0.2) is 31.5 Å². The Kier molecular flexibility index (Phi) is 4.84. The average molecular weight is 351 g/mol. The molecule has 1 aliphatic rings. The topological polar surface area (TPSA) is 72.9 Å². The number of ether oxygens (including phenoxy) is 2. The number of methoxy groups -OCH3 is 1. The first-order valence-electron chi connectivity index (χ1n) is 8.06. The van der Waals surface area contributed by atoms with Gasteiger partial charge in [-0.1, -0.05) is 18.2 Å². The summed E-state index contributed by atoms with van der Waals surface area (Å²) in [6.45, 7) is 1.99. The Morgan fingerprint density at radius 3 is 2.27 bits per heavy atom. The van der Waals surface area contributed by atoms with Crippen molar-refractivity contribution in [3.8, 4) is 0 Å². The molecular weight excluding hydrogens is 334 g/mol. The van der Waals surface area contributed by atoms with E-state index < -0.39 is 17.8 Å². The van der Waals surface area contributed by atoms with Crippen molar-refractivity contribution in [2.24, 2.45) is 0 Å².